The van der Waals surface area contributed by atoms with Crippen LogP contribution in [0.4, 0.5) is 0 Å². The van der Waals surface area contributed by atoms with E-state index in [4.69, 9.17) is 9.47 Å². The molecular weight excluding hydrogens is 328 g/mol. The molecule has 0 aliphatic rings. The minimum atomic E-state index is -0.508. The molecule has 26 heavy (non-hydrogen) atoms. The van der Waals surface area contributed by atoms with Crippen molar-refractivity contribution in [2.75, 3.05) is 6.79 Å². The first kappa shape index (κ1) is 22.6. The van der Waals surface area contributed by atoms with Crippen molar-refractivity contribution in [3.63, 3.8) is 0 Å². The van der Waals surface area contributed by atoms with Crippen molar-refractivity contribution in [1.82, 2.24) is 0 Å². The molecule has 146 valence electrons. The second-order valence-corrected chi connectivity index (χ2v) is 7.00. The van der Waals surface area contributed by atoms with Crippen LogP contribution in [-0.2, 0) is 20.9 Å². The number of Topliss-reactive ketones (excluding diaryl/α,β-unsaturated/α-hetero) is 1. The molecule has 0 aliphatic heterocycles. The molecular formula is C22H34O4. The van der Waals surface area contributed by atoms with Crippen LogP contribution in [0.2, 0.25) is 0 Å². The Kier molecular flexibility index (Phi) is 11.9. The summed E-state index contributed by atoms with van der Waals surface area (Å²) in [5.74, 6) is 0.325. The maximum atomic E-state index is 12.0. The number of ether oxygens (including phenoxy) is 2. The summed E-state index contributed by atoms with van der Waals surface area (Å²) in [6.45, 7) is 8.59. The van der Waals surface area contributed by atoms with Gasteiger partial charge in [0.05, 0.1) is 18.8 Å². The lowest BCUT2D eigenvalue weighted by Crippen LogP contribution is -2.21. The second kappa shape index (κ2) is 13.7. The molecule has 0 heterocycles. The van der Waals surface area contributed by atoms with Crippen molar-refractivity contribution in [3.05, 3.63) is 48.6 Å². The molecule has 4 nitrogen and oxygen atoms in total. The number of rotatable bonds is 15. The number of hydrogen-bond acceptors (Lipinski definition) is 4. The zero-order chi connectivity index (χ0) is 19.2. The standard InChI is InChI=1S/C22H34O4/c1-4-9-20(23)15-21(24)13-18(3)14-22(10-5-2)26-17-25-16-19-11-7-6-8-12-19/h5-8,11-12,18,20,22-23H,2,4,9-10,13-17H2,1,3H3/t18-,20-,22-/m0/s1. The van der Waals surface area contributed by atoms with Crippen LogP contribution in [0.3, 0.4) is 0 Å². The fourth-order valence-electron chi connectivity index (χ4n) is 3.00. The third-order valence-electron chi connectivity index (χ3n) is 4.25. The van der Waals surface area contributed by atoms with Gasteiger partial charge in [-0.25, -0.2) is 0 Å². The molecule has 0 amide bonds. The van der Waals surface area contributed by atoms with Gasteiger partial charge in [-0.2, -0.15) is 0 Å². The van der Waals surface area contributed by atoms with Gasteiger partial charge in [-0.1, -0.05) is 56.7 Å². The van der Waals surface area contributed by atoms with E-state index in [9.17, 15) is 9.90 Å². The van der Waals surface area contributed by atoms with E-state index < -0.39 is 6.10 Å². The van der Waals surface area contributed by atoms with Crippen molar-refractivity contribution in [1.29, 1.82) is 0 Å². The zero-order valence-corrected chi connectivity index (χ0v) is 16.2. The van der Waals surface area contributed by atoms with E-state index in [1.807, 2.05) is 50.3 Å². The minimum Gasteiger partial charge on any atom is -0.393 e. The van der Waals surface area contributed by atoms with Gasteiger partial charge in [-0.3, -0.25) is 4.79 Å². The smallest absolute Gasteiger partial charge is 0.147 e. The normalized spacial score (nSPS) is 14.6. The summed E-state index contributed by atoms with van der Waals surface area (Å²) in [5, 5.41) is 9.76. The minimum absolute atomic E-state index is 0.00774. The first-order valence-corrected chi connectivity index (χ1v) is 9.59. The van der Waals surface area contributed by atoms with Gasteiger partial charge >= 0.3 is 0 Å². The molecule has 0 fully saturated rings. The molecule has 0 saturated carbocycles. The van der Waals surface area contributed by atoms with Crippen molar-refractivity contribution < 1.29 is 19.4 Å². The molecule has 0 aromatic heterocycles. The summed E-state index contributed by atoms with van der Waals surface area (Å²) in [4.78, 5) is 12.0. The molecule has 1 aromatic rings. The second-order valence-electron chi connectivity index (χ2n) is 7.00. The summed E-state index contributed by atoms with van der Waals surface area (Å²) in [6.07, 6.45) is 5.12. The molecule has 1 aromatic carbocycles. The highest BCUT2D eigenvalue weighted by Crippen LogP contribution is 2.18. The Bertz CT molecular complexity index is 500. The van der Waals surface area contributed by atoms with E-state index in [0.717, 1.165) is 24.8 Å². The largest absolute Gasteiger partial charge is 0.393 e. The fourth-order valence-corrected chi connectivity index (χ4v) is 3.00. The number of hydrogen-bond donors (Lipinski definition) is 1. The Morgan fingerprint density at radius 3 is 2.65 bits per heavy atom. The highest BCUT2D eigenvalue weighted by Gasteiger charge is 2.17. The molecule has 0 unspecified atom stereocenters. The molecule has 3 atom stereocenters. The number of carbonyl (C=O) groups is 1. The molecule has 1 N–H and O–H groups in total. The van der Waals surface area contributed by atoms with E-state index in [0.29, 0.717) is 19.4 Å². The Balaban J connectivity index is 2.29. The molecule has 0 radical (unpaired) electrons. The summed E-state index contributed by atoms with van der Waals surface area (Å²) in [6, 6.07) is 9.97. The third-order valence-corrected chi connectivity index (χ3v) is 4.25. The van der Waals surface area contributed by atoms with Crippen molar-refractivity contribution >= 4 is 5.78 Å². The molecule has 0 bridgehead atoms. The van der Waals surface area contributed by atoms with Gasteiger partial charge in [0.2, 0.25) is 0 Å². The molecule has 0 spiro atoms. The lowest BCUT2D eigenvalue weighted by Gasteiger charge is -2.20. The van der Waals surface area contributed by atoms with Crippen LogP contribution in [0.5, 0.6) is 0 Å². The van der Waals surface area contributed by atoms with Crippen LogP contribution in [-0.4, -0.2) is 29.9 Å². The maximum Gasteiger partial charge on any atom is 0.147 e. The van der Waals surface area contributed by atoms with E-state index >= 15 is 0 Å². The topological polar surface area (TPSA) is 55.8 Å². The average Bonchev–Trinajstić information content (AvgIpc) is 2.59. The Morgan fingerprint density at radius 2 is 2.00 bits per heavy atom. The Labute approximate surface area is 158 Å². The van der Waals surface area contributed by atoms with Crippen LogP contribution < -0.4 is 0 Å². The van der Waals surface area contributed by atoms with Gasteiger partial charge in [0.1, 0.15) is 12.6 Å². The third kappa shape index (κ3) is 10.5. The molecule has 0 saturated heterocycles. The molecule has 4 heteroatoms. The van der Waals surface area contributed by atoms with Crippen molar-refractivity contribution in [2.45, 2.75) is 71.2 Å². The molecule has 0 aliphatic carbocycles. The lowest BCUT2D eigenvalue weighted by molar-refractivity contribution is -0.122. The van der Waals surface area contributed by atoms with Crippen LogP contribution in [0.1, 0.15) is 57.9 Å². The van der Waals surface area contributed by atoms with Crippen LogP contribution in [0.25, 0.3) is 0 Å². The zero-order valence-electron chi connectivity index (χ0n) is 16.2. The number of aliphatic hydroxyl groups is 1. The van der Waals surface area contributed by atoms with Crippen LogP contribution in [0.15, 0.2) is 43.0 Å². The van der Waals surface area contributed by atoms with Gasteiger partial charge < -0.3 is 14.6 Å². The summed E-state index contributed by atoms with van der Waals surface area (Å²) >= 11 is 0. The van der Waals surface area contributed by atoms with Gasteiger partial charge in [0.15, 0.2) is 0 Å². The SMILES string of the molecule is C=CC[C@@H](C[C@@H](C)CC(=O)C[C@@H](O)CCC)OCOCc1ccccc1. The van der Waals surface area contributed by atoms with E-state index in [-0.39, 0.29) is 31.0 Å². The average molecular weight is 363 g/mol. The van der Waals surface area contributed by atoms with E-state index in [1.165, 1.54) is 0 Å². The first-order valence-electron chi connectivity index (χ1n) is 9.59. The summed E-state index contributed by atoms with van der Waals surface area (Å²) in [5.41, 5.74) is 1.11. The van der Waals surface area contributed by atoms with Crippen LogP contribution in [0, 0.1) is 5.92 Å². The number of aliphatic hydroxyl groups excluding tert-OH is 1. The van der Waals surface area contributed by atoms with Crippen LogP contribution >= 0.6 is 0 Å². The summed E-state index contributed by atoms with van der Waals surface area (Å²) < 4.78 is 11.4. The highest BCUT2D eigenvalue weighted by atomic mass is 16.7. The lowest BCUT2D eigenvalue weighted by atomic mass is 9.94. The highest BCUT2D eigenvalue weighted by molar-refractivity contribution is 5.79. The predicted octanol–water partition coefficient (Wildman–Crippen LogP) is 4.66. The van der Waals surface area contributed by atoms with E-state index in [1.54, 1.807) is 0 Å². The monoisotopic (exact) mass is 362 g/mol. The van der Waals surface area contributed by atoms with Crippen molar-refractivity contribution in [2.24, 2.45) is 5.92 Å². The predicted molar refractivity (Wildman–Crippen MR) is 105 cm³/mol. The number of carbonyl (C=O) groups excluding carboxylic acids is 1. The molecule has 1 rings (SSSR count). The first-order chi connectivity index (χ1) is 12.5. The van der Waals surface area contributed by atoms with Gasteiger partial charge in [0.25, 0.3) is 0 Å². The van der Waals surface area contributed by atoms with Gasteiger partial charge in [-0.05, 0) is 30.7 Å². The van der Waals surface area contributed by atoms with E-state index in [2.05, 4.69) is 6.58 Å². The fraction of sp³-hybridized carbons (Fsp3) is 0.591. The maximum absolute atomic E-state index is 12.0. The quantitative estimate of drug-likeness (QED) is 0.280. The Hall–Kier alpha value is -1.49. The van der Waals surface area contributed by atoms with Crippen molar-refractivity contribution in [3.8, 4) is 0 Å². The van der Waals surface area contributed by atoms with Gasteiger partial charge in [-0.15, -0.1) is 6.58 Å². The van der Waals surface area contributed by atoms with Gasteiger partial charge in [0, 0.05) is 12.8 Å². The number of benzene rings is 1. The summed E-state index contributed by atoms with van der Waals surface area (Å²) in [7, 11) is 0. The number of ketones is 1. The Morgan fingerprint density at radius 1 is 1.27 bits per heavy atom.